The highest BCUT2D eigenvalue weighted by Crippen LogP contribution is 2.22. The molecule has 0 radical (unpaired) electrons. The zero-order valence-electron chi connectivity index (χ0n) is 31.4. The lowest BCUT2D eigenvalue weighted by Gasteiger charge is -2.28. The van der Waals surface area contributed by atoms with Gasteiger partial charge in [0.1, 0.15) is 12.4 Å². The van der Waals surface area contributed by atoms with Crippen molar-refractivity contribution in [3.8, 4) is 11.1 Å². The van der Waals surface area contributed by atoms with Crippen LogP contribution in [0.2, 0.25) is 0 Å². The van der Waals surface area contributed by atoms with Gasteiger partial charge in [0.05, 0.1) is 10.9 Å². The monoisotopic (exact) mass is 772 g/mol. The first-order valence-electron chi connectivity index (χ1n) is 18.1. The average molecular weight is 773 g/mol. The standard InChI is InChI=1S/C38H40F2N4O2.C4H6O6/c1-4-42(5-2)23-24-43(25-28-15-19-30(20-16-28)29-17-13-27(3)14-18-29)36(45)26-44-34-12-7-6-10-32(34)38(46)41-35(44)22-21-31-9-8-11-33(39)37(31)40;5-1(3(7)8)2(6)4(9)10/h6-20H,4-5,21-26H2,1-3H3;1-2,5-6H,(H,7,8)(H,9,10). The van der Waals surface area contributed by atoms with Gasteiger partial charge in [-0.05, 0) is 66.9 Å². The number of amides is 1. The van der Waals surface area contributed by atoms with E-state index in [1.807, 2.05) is 11.0 Å². The highest BCUT2D eigenvalue weighted by molar-refractivity contribution is 5.83. The van der Waals surface area contributed by atoms with Crippen molar-refractivity contribution in [2.45, 2.75) is 58.9 Å². The minimum Gasteiger partial charge on any atom is -0.479 e. The number of carbonyl (C=O) groups excluding carboxylic acids is 1. The maximum atomic E-state index is 14.5. The third-order valence-electron chi connectivity index (χ3n) is 9.36. The Morgan fingerprint density at radius 2 is 1.36 bits per heavy atom. The molecule has 1 heterocycles. The van der Waals surface area contributed by atoms with E-state index in [4.69, 9.17) is 20.4 Å². The van der Waals surface area contributed by atoms with Crippen molar-refractivity contribution in [2.75, 3.05) is 26.2 Å². The van der Waals surface area contributed by atoms with Crippen LogP contribution in [0.4, 0.5) is 8.78 Å². The largest absolute Gasteiger partial charge is 0.479 e. The van der Waals surface area contributed by atoms with E-state index >= 15 is 0 Å². The number of benzene rings is 4. The van der Waals surface area contributed by atoms with Crippen molar-refractivity contribution in [1.29, 1.82) is 0 Å². The Balaban J connectivity index is 0.000000613. The lowest BCUT2D eigenvalue weighted by molar-refractivity contribution is -0.165. The zero-order valence-corrected chi connectivity index (χ0v) is 31.4. The van der Waals surface area contributed by atoms with E-state index < -0.39 is 41.3 Å². The Kier molecular flexibility index (Phi) is 15.5. The van der Waals surface area contributed by atoms with Crippen LogP contribution < -0.4 is 5.56 Å². The Morgan fingerprint density at radius 3 is 1.95 bits per heavy atom. The molecule has 296 valence electrons. The molecule has 0 aliphatic carbocycles. The summed E-state index contributed by atoms with van der Waals surface area (Å²) in [5.74, 6) is -5.14. The zero-order chi connectivity index (χ0) is 40.9. The molecule has 5 aromatic rings. The number of hydrogen-bond acceptors (Lipinski definition) is 8. The minimum absolute atomic E-state index is 0.0472. The number of aliphatic hydroxyl groups is 2. The summed E-state index contributed by atoms with van der Waals surface area (Å²) < 4.78 is 30.1. The van der Waals surface area contributed by atoms with Crippen LogP contribution in [0.25, 0.3) is 22.0 Å². The summed E-state index contributed by atoms with van der Waals surface area (Å²) in [5.41, 5.74) is 4.81. The number of aromatic nitrogens is 2. The van der Waals surface area contributed by atoms with Crippen molar-refractivity contribution in [3.63, 3.8) is 0 Å². The van der Waals surface area contributed by atoms with Crippen molar-refractivity contribution in [3.05, 3.63) is 135 Å². The van der Waals surface area contributed by atoms with E-state index in [1.165, 1.54) is 17.7 Å². The van der Waals surface area contributed by atoms with E-state index in [0.29, 0.717) is 29.8 Å². The molecule has 1 aromatic heterocycles. The molecule has 0 aliphatic rings. The molecule has 4 aromatic carbocycles. The summed E-state index contributed by atoms with van der Waals surface area (Å²) in [5, 5.41) is 32.9. The van der Waals surface area contributed by atoms with E-state index in [0.717, 1.165) is 42.4 Å². The third kappa shape index (κ3) is 11.4. The van der Waals surface area contributed by atoms with E-state index in [2.05, 4.69) is 79.2 Å². The highest BCUT2D eigenvalue weighted by Gasteiger charge is 2.29. The third-order valence-corrected chi connectivity index (χ3v) is 9.36. The van der Waals surface area contributed by atoms with Crippen LogP contribution in [-0.2, 0) is 40.3 Å². The number of carboxylic acid groups (broad SMARTS) is 2. The van der Waals surface area contributed by atoms with Gasteiger partial charge in [0.25, 0.3) is 5.56 Å². The van der Waals surface area contributed by atoms with Crippen LogP contribution in [0.1, 0.15) is 36.4 Å². The quantitative estimate of drug-likeness (QED) is 0.110. The van der Waals surface area contributed by atoms with Crippen molar-refractivity contribution in [1.82, 2.24) is 19.4 Å². The van der Waals surface area contributed by atoms with E-state index in [9.17, 15) is 28.0 Å². The number of fused-ring (bicyclic) bond motifs is 1. The van der Waals surface area contributed by atoms with Gasteiger partial charge < -0.3 is 34.8 Å². The van der Waals surface area contributed by atoms with Gasteiger partial charge in [-0.25, -0.2) is 18.4 Å². The predicted molar refractivity (Wildman–Crippen MR) is 207 cm³/mol. The van der Waals surface area contributed by atoms with Gasteiger partial charge in [-0.15, -0.1) is 0 Å². The van der Waals surface area contributed by atoms with Crippen LogP contribution in [0, 0.1) is 18.6 Å². The van der Waals surface area contributed by atoms with Crippen LogP contribution in [0.5, 0.6) is 0 Å². The molecule has 0 bridgehead atoms. The molecule has 14 heteroatoms. The number of hydrogen-bond donors (Lipinski definition) is 4. The summed E-state index contributed by atoms with van der Waals surface area (Å²) in [6.45, 7) is 9.63. The fraction of sp³-hybridized carbons (Fsp3) is 0.310. The number of aliphatic hydroxyl groups excluding tert-OH is 2. The number of halogens is 2. The van der Waals surface area contributed by atoms with Crippen molar-refractivity contribution in [2.24, 2.45) is 0 Å². The SMILES string of the molecule is CCN(CC)CCN(Cc1ccc(-c2ccc(C)cc2)cc1)C(=O)Cn1c(CCc2cccc(F)c2F)nc(=O)c2ccccc21.O=C(O)C(O)C(O)C(=O)O. The average Bonchev–Trinajstić information content (AvgIpc) is 3.19. The van der Waals surface area contributed by atoms with Gasteiger partial charge in [0, 0.05) is 26.1 Å². The summed E-state index contributed by atoms with van der Waals surface area (Å²) >= 11 is 0. The molecular formula is C42H46F2N4O8. The second-order valence-corrected chi connectivity index (χ2v) is 13.1. The number of para-hydroxylation sites is 1. The smallest absolute Gasteiger partial charge is 0.335 e. The highest BCUT2D eigenvalue weighted by atomic mass is 19.2. The molecule has 0 saturated heterocycles. The fourth-order valence-electron chi connectivity index (χ4n) is 5.99. The number of likely N-dealkylation sites (N-methyl/N-ethyl adjacent to an activating group) is 1. The van der Waals surface area contributed by atoms with Gasteiger partial charge in [-0.2, -0.15) is 4.98 Å². The number of carbonyl (C=O) groups is 3. The molecule has 0 fully saturated rings. The molecular weight excluding hydrogens is 726 g/mol. The maximum absolute atomic E-state index is 14.5. The van der Waals surface area contributed by atoms with Gasteiger partial charge >= 0.3 is 11.9 Å². The molecule has 1 amide bonds. The van der Waals surface area contributed by atoms with Crippen LogP contribution in [0.15, 0.2) is 95.8 Å². The van der Waals surface area contributed by atoms with Gasteiger partial charge in [-0.1, -0.05) is 92.2 Å². The summed E-state index contributed by atoms with van der Waals surface area (Å²) in [6, 6.07) is 27.8. The lowest BCUT2D eigenvalue weighted by atomic mass is 10.0. The second-order valence-electron chi connectivity index (χ2n) is 13.1. The number of aryl methyl sites for hydroxylation is 3. The minimum atomic E-state index is -2.27. The lowest BCUT2D eigenvalue weighted by Crippen LogP contribution is -2.40. The first-order chi connectivity index (χ1) is 26.7. The molecule has 2 unspecified atom stereocenters. The normalized spacial score (nSPS) is 12.1. The molecule has 12 nitrogen and oxygen atoms in total. The topological polar surface area (TPSA) is 174 Å². The van der Waals surface area contributed by atoms with Crippen LogP contribution in [0.3, 0.4) is 0 Å². The van der Waals surface area contributed by atoms with Crippen molar-refractivity contribution < 1.29 is 43.6 Å². The van der Waals surface area contributed by atoms with Gasteiger partial charge in [0.15, 0.2) is 23.8 Å². The molecule has 0 spiro atoms. The molecule has 0 aliphatic heterocycles. The van der Waals surface area contributed by atoms with Gasteiger partial charge in [-0.3, -0.25) is 9.59 Å². The molecule has 2 atom stereocenters. The first kappa shape index (κ1) is 42.9. The number of nitrogens with zero attached hydrogens (tertiary/aromatic N) is 4. The molecule has 5 rings (SSSR count). The summed E-state index contributed by atoms with van der Waals surface area (Å²) in [4.78, 5) is 55.1. The molecule has 4 N–H and O–H groups in total. The Labute approximate surface area is 322 Å². The van der Waals surface area contributed by atoms with Gasteiger partial charge in [0.2, 0.25) is 5.91 Å². The Morgan fingerprint density at radius 1 is 0.768 bits per heavy atom. The first-order valence-corrected chi connectivity index (χ1v) is 18.1. The fourth-order valence-corrected chi connectivity index (χ4v) is 5.99. The van der Waals surface area contributed by atoms with E-state index in [-0.39, 0.29) is 30.9 Å². The Bertz CT molecular complexity index is 2160. The Hall–Kier alpha value is -5.83. The number of aliphatic carboxylic acids is 2. The molecule has 0 saturated carbocycles. The van der Waals surface area contributed by atoms with E-state index in [1.54, 1.807) is 22.8 Å². The number of rotatable bonds is 16. The maximum Gasteiger partial charge on any atom is 0.335 e. The predicted octanol–water partition coefficient (Wildman–Crippen LogP) is 4.68. The summed E-state index contributed by atoms with van der Waals surface area (Å²) in [6.07, 6.45) is -4.25. The number of carboxylic acids is 2. The van der Waals surface area contributed by atoms with Crippen molar-refractivity contribution >= 4 is 28.7 Å². The second kappa shape index (κ2) is 20.2. The summed E-state index contributed by atoms with van der Waals surface area (Å²) in [7, 11) is 0. The van der Waals surface area contributed by atoms with Crippen LogP contribution in [-0.4, -0.2) is 96.0 Å². The van der Waals surface area contributed by atoms with Crippen LogP contribution >= 0.6 is 0 Å². The molecule has 56 heavy (non-hydrogen) atoms.